The molecule has 0 spiro atoms. The van der Waals surface area contributed by atoms with Crippen molar-refractivity contribution in [3.05, 3.63) is 35.2 Å². The smallest absolute Gasteiger partial charge is 0.224 e. The molecule has 1 aromatic heterocycles. The molecule has 0 radical (unpaired) electrons. The van der Waals surface area contributed by atoms with Gasteiger partial charge in [-0.15, -0.1) is 0 Å². The Morgan fingerprint density at radius 1 is 1.05 bits per heavy atom. The standard InChI is InChI=1S/C15H17ClN2O3/c1-9(2)15-17-12(16)8-13(18-15)21-14-10(19-3)6-5-7-11(14)20-4/h5-9H,1-4H3. The fourth-order valence-corrected chi connectivity index (χ4v) is 1.93. The summed E-state index contributed by atoms with van der Waals surface area (Å²) < 4.78 is 16.4. The Hall–Kier alpha value is -2.01. The summed E-state index contributed by atoms with van der Waals surface area (Å²) in [5, 5.41) is 0.331. The topological polar surface area (TPSA) is 53.5 Å². The van der Waals surface area contributed by atoms with Gasteiger partial charge in [0.2, 0.25) is 11.6 Å². The first kappa shape index (κ1) is 15.4. The Bertz CT molecular complexity index is 610. The maximum absolute atomic E-state index is 6.01. The highest BCUT2D eigenvalue weighted by Crippen LogP contribution is 2.39. The van der Waals surface area contributed by atoms with E-state index in [9.17, 15) is 0 Å². The molecule has 2 aromatic rings. The number of hydrogen-bond donors (Lipinski definition) is 0. The van der Waals surface area contributed by atoms with Crippen LogP contribution in [-0.2, 0) is 0 Å². The summed E-state index contributed by atoms with van der Waals surface area (Å²) in [5.74, 6) is 2.66. The molecule has 0 bridgehead atoms. The van der Waals surface area contributed by atoms with Crippen LogP contribution < -0.4 is 14.2 Å². The zero-order chi connectivity index (χ0) is 15.4. The summed E-state index contributed by atoms with van der Waals surface area (Å²) in [7, 11) is 3.13. The predicted molar refractivity (Wildman–Crippen MR) is 80.8 cm³/mol. The van der Waals surface area contributed by atoms with Gasteiger partial charge >= 0.3 is 0 Å². The molecule has 21 heavy (non-hydrogen) atoms. The lowest BCUT2D eigenvalue weighted by atomic mass is 10.2. The van der Waals surface area contributed by atoms with E-state index in [2.05, 4.69) is 9.97 Å². The number of para-hydroxylation sites is 1. The molecule has 0 saturated heterocycles. The number of nitrogens with zero attached hydrogens (tertiary/aromatic N) is 2. The van der Waals surface area contributed by atoms with Crippen molar-refractivity contribution < 1.29 is 14.2 Å². The molecule has 6 heteroatoms. The Kier molecular flexibility index (Phi) is 4.85. The molecule has 2 rings (SSSR count). The lowest BCUT2D eigenvalue weighted by Crippen LogP contribution is -2.01. The van der Waals surface area contributed by atoms with Gasteiger partial charge in [-0.2, -0.15) is 4.98 Å². The Balaban J connectivity index is 2.42. The van der Waals surface area contributed by atoms with Gasteiger partial charge < -0.3 is 14.2 Å². The normalized spacial score (nSPS) is 10.6. The van der Waals surface area contributed by atoms with Crippen LogP contribution in [-0.4, -0.2) is 24.2 Å². The molecule has 0 aliphatic heterocycles. The predicted octanol–water partition coefficient (Wildman–Crippen LogP) is 4.06. The van der Waals surface area contributed by atoms with E-state index in [1.807, 2.05) is 19.9 Å². The zero-order valence-electron chi connectivity index (χ0n) is 12.4. The second-order valence-corrected chi connectivity index (χ2v) is 5.02. The van der Waals surface area contributed by atoms with E-state index < -0.39 is 0 Å². The molecule has 0 amide bonds. The van der Waals surface area contributed by atoms with Gasteiger partial charge in [0.15, 0.2) is 11.5 Å². The molecular formula is C15H17ClN2O3. The van der Waals surface area contributed by atoms with Gasteiger partial charge in [-0.1, -0.05) is 31.5 Å². The second kappa shape index (κ2) is 6.63. The number of methoxy groups -OCH3 is 2. The molecule has 0 fully saturated rings. The number of rotatable bonds is 5. The van der Waals surface area contributed by atoms with Crippen LogP contribution in [0.5, 0.6) is 23.1 Å². The first-order valence-electron chi connectivity index (χ1n) is 6.48. The second-order valence-electron chi connectivity index (χ2n) is 4.64. The van der Waals surface area contributed by atoms with E-state index in [0.29, 0.717) is 34.1 Å². The lowest BCUT2D eigenvalue weighted by Gasteiger charge is -2.14. The summed E-state index contributed by atoms with van der Waals surface area (Å²) >= 11 is 6.01. The molecule has 1 aromatic carbocycles. The van der Waals surface area contributed by atoms with Crippen molar-refractivity contribution in [2.75, 3.05) is 14.2 Å². The van der Waals surface area contributed by atoms with Crippen LogP contribution in [0.4, 0.5) is 0 Å². The van der Waals surface area contributed by atoms with Crippen molar-refractivity contribution in [3.63, 3.8) is 0 Å². The first-order chi connectivity index (χ1) is 10.0. The SMILES string of the molecule is COc1cccc(OC)c1Oc1cc(Cl)nc(C(C)C)n1. The van der Waals surface area contributed by atoms with Gasteiger partial charge in [-0.05, 0) is 12.1 Å². The van der Waals surface area contributed by atoms with Crippen LogP contribution in [0.2, 0.25) is 5.15 Å². The van der Waals surface area contributed by atoms with Crippen LogP contribution >= 0.6 is 11.6 Å². The number of halogens is 1. The number of hydrogen-bond acceptors (Lipinski definition) is 5. The van der Waals surface area contributed by atoms with E-state index in [1.54, 1.807) is 32.4 Å². The minimum Gasteiger partial charge on any atom is -0.493 e. The van der Waals surface area contributed by atoms with Crippen LogP contribution in [0.25, 0.3) is 0 Å². The van der Waals surface area contributed by atoms with Crippen molar-refractivity contribution in [2.45, 2.75) is 19.8 Å². The van der Waals surface area contributed by atoms with E-state index >= 15 is 0 Å². The summed E-state index contributed by atoms with van der Waals surface area (Å²) in [6.07, 6.45) is 0. The van der Waals surface area contributed by atoms with Crippen LogP contribution in [0.3, 0.4) is 0 Å². The minimum absolute atomic E-state index is 0.144. The number of ether oxygens (including phenoxy) is 3. The minimum atomic E-state index is 0.144. The van der Waals surface area contributed by atoms with E-state index in [1.165, 1.54) is 0 Å². The molecule has 0 atom stereocenters. The highest BCUT2D eigenvalue weighted by Gasteiger charge is 2.15. The molecule has 0 aliphatic rings. The highest BCUT2D eigenvalue weighted by molar-refractivity contribution is 6.29. The quantitative estimate of drug-likeness (QED) is 0.780. The molecule has 0 aliphatic carbocycles. The molecule has 1 heterocycles. The monoisotopic (exact) mass is 308 g/mol. The van der Waals surface area contributed by atoms with Gasteiger partial charge in [-0.25, -0.2) is 4.98 Å². The Morgan fingerprint density at radius 2 is 1.67 bits per heavy atom. The molecule has 0 unspecified atom stereocenters. The average molecular weight is 309 g/mol. The number of aromatic nitrogens is 2. The van der Waals surface area contributed by atoms with Gasteiger partial charge in [0, 0.05) is 12.0 Å². The lowest BCUT2D eigenvalue weighted by molar-refractivity contribution is 0.341. The van der Waals surface area contributed by atoms with Crippen LogP contribution in [0.15, 0.2) is 24.3 Å². The third-order valence-corrected chi connectivity index (χ3v) is 2.99. The highest BCUT2D eigenvalue weighted by atomic mass is 35.5. The molecule has 0 saturated carbocycles. The maximum atomic E-state index is 6.01. The molecule has 0 N–H and O–H groups in total. The zero-order valence-corrected chi connectivity index (χ0v) is 13.1. The van der Waals surface area contributed by atoms with Crippen LogP contribution in [0, 0.1) is 0 Å². The fraction of sp³-hybridized carbons (Fsp3) is 0.333. The van der Waals surface area contributed by atoms with Crippen molar-refractivity contribution in [1.29, 1.82) is 0 Å². The third-order valence-electron chi connectivity index (χ3n) is 2.79. The fourth-order valence-electron chi connectivity index (χ4n) is 1.75. The van der Waals surface area contributed by atoms with E-state index in [0.717, 1.165) is 0 Å². The average Bonchev–Trinajstić information content (AvgIpc) is 2.46. The molecule has 112 valence electrons. The first-order valence-corrected chi connectivity index (χ1v) is 6.86. The van der Waals surface area contributed by atoms with E-state index in [4.69, 9.17) is 25.8 Å². The van der Waals surface area contributed by atoms with Crippen molar-refractivity contribution >= 4 is 11.6 Å². The summed E-state index contributed by atoms with van der Waals surface area (Å²) in [4.78, 5) is 8.52. The van der Waals surface area contributed by atoms with Crippen molar-refractivity contribution in [3.8, 4) is 23.1 Å². The van der Waals surface area contributed by atoms with Crippen LogP contribution in [0.1, 0.15) is 25.6 Å². The summed E-state index contributed by atoms with van der Waals surface area (Å²) in [6, 6.07) is 6.93. The van der Waals surface area contributed by atoms with Crippen molar-refractivity contribution in [1.82, 2.24) is 9.97 Å². The summed E-state index contributed by atoms with van der Waals surface area (Å²) in [6.45, 7) is 3.97. The van der Waals surface area contributed by atoms with Gasteiger partial charge in [-0.3, -0.25) is 0 Å². The van der Waals surface area contributed by atoms with E-state index in [-0.39, 0.29) is 5.92 Å². The third kappa shape index (κ3) is 3.55. The molecular weight excluding hydrogens is 292 g/mol. The Labute approximate surface area is 128 Å². The van der Waals surface area contributed by atoms with Gasteiger partial charge in [0.1, 0.15) is 11.0 Å². The largest absolute Gasteiger partial charge is 0.493 e. The maximum Gasteiger partial charge on any atom is 0.224 e. The number of benzene rings is 1. The van der Waals surface area contributed by atoms with Gasteiger partial charge in [0.05, 0.1) is 14.2 Å². The Morgan fingerprint density at radius 3 is 2.19 bits per heavy atom. The summed E-state index contributed by atoms with van der Waals surface area (Å²) in [5.41, 5.74) is 0. The van der Waals surface area contributed by atoms with Crippen molar-refractivity contribution in [2.24, 2.45) is 0 Å². The molecule has 5 nitrogen and oxygen atoms in total. The van der Waals surface area contributed by atoms with Gasteiger partial charge in [0.25, 0.3) is 0 Å².